The Labute approximate surface area is 126 Å². The molecule has 3 rings (SSSR count). The van der Waals surface area contributed by atoms with Gasteiger partial charge in [-0.25, -0.2) is 0 Å². The fourth-order valence-electron chi connectivity index (χ4n) is 2.19. The number of hydrogen-bond donors (Lipinski definition) is 3. The van der Waals surface area contributed by atoms with Gasteiger partial charge in [0.25, 0.3) is 0 Å². The molecule has 0 saturated heterocycles. The highest BCUT2D eigenvalue weighted by atomic mass is 32.2. The first-order valence-electron chi connectivity index (χ1n) is 6.08. The summed E-state index contributed by atoms with van der Waals surface area (Å²) in [6, 6.07) is 8.70. The number of carbonyl (C=O) groups excluding carboxylic acids is 1. The largest absolute Gasteiger partial charge is 0.504 e. The number of carbonyl (C=O) groups is 1. The lowest BCUT2D eigenvalue weighted by Gasteiger charge is -2.07. The Morgan fingerprint density at radius 2 is 1.85 bits per heavy atom. The van der Waals surface area contributed by atoms with E-state index in [-0.39, 0.29) is 17.3 Å². The summed E-state index contributed by atoms with van der Waals surface area (Å²) in [5.74, 6) is 0.105. The van der Waals surface area contributed by atoms with Crippen LogP contribution in [0.15, 0.2) is 40.1 Å². The summed E-state index contributed by atoms with van der Waals surface area (Å²) >= 11 is 5.69. The monoisotopic (exact) mass is 304 g/mol. The molecule has 0 unspecified atom stereocenters. The van der Waals surface area contributed by atoms with E-state index in [4.69, 9.17) is 0 Å². The standard InChI is InChI=1S/C15H12O3S2/c16-11-4-9-2-1-8(7-19)3-14(9)20-15-6-13(18)12(17)5-10(11)15/h1-3,5-6,17-19H,4,7H2. The van der Waals surface area contributed by atoms with Crippen molar-refractivity contribution in [2.24, 2.45) is 0 Å². The van der Waals surface area contributed by atoms with Crippen LogP contribution in [0.5, 0.6) is 11.5 Å². The van der Waals surface area contributed by atoms with E-state index in [2.05, 4.69) is 12.6 Å². The summed E-state index contributed by atoms with van der Waals surface area (Å²) in [5, 5.41) is 19.2. The Bertz CT molecular complexity index is 711. The second-order valence-corrected chi connectivity index (χ2v) is 6.04. The molecule has 1 aliphatic rings. The molecule has 1 heterocycles. The van der Waals surface area contributed by atoms with E-state index in [0.717, 1.165) is 16.0 Å². The maximum atomic E-state index is 12.3. The van der Waals surface area contributed by atoms with Gasteiger partial charge in [0, 0.05) is 27.5 Å². The summed E-state index contributed by atoms with van der Waals surface area (Å²) in [5.41, 5.74) is 2.49. The van der Waals surface area contributed by atoms with Crippen LogP contribution < -0.4 is 0 Å². The molecule has 1 aliphatic heterocycles. The van der Waals surface area contributed by atoms with E-state index in [0.29, 0.717) is 22.6 Å². The van der Waals surface area contributed by atoms with Crippen LogP contribution in [0.4, 0.5) is 0 Å². The molecule has 2 aromatic carbocycles. The minimum absolute atomic E-state index is 0.0554. The van der Waals surface area contributed by atoms with Crippen molar-refractivity contribution in [1.29, 1.82) is 0 Å². The van der Waals surface area contributed by atoms with Crippen LogP contribution >= 0.6 is 24.4 Å². The van der Waals surface area contributed by atoms with Crippen molar-refractivity contribution >= 4 is 30.2 Å². The zero-order valence-corrected chi connectivity index (χ0v) is 12.2. The first kappa shape index (κ1) is 13.4. The van der Waals surface area contributed by atoms with Crippen molar-refractivity contribution in [2.75, 3.05) is 0 Å². The number of phenolic OH excluding ortho intramolecular Hbond substituents is 2. The van der Waals surface area contributed by atoms with Crippen molar-refractivity contribution < 1.29 is 15.0 Å². The molecule has 2 aromatic rings. The van der Waals surface area contributed by atoms with Crippen molar-refractivity contribution in [3.05, 3.63) is 47.0 Å². The van der Waals surface area contributed by atoms with Gasteiger partial charge in [-0.05, 0) is 29.3 Å². The second-order valence-electron chi connectivity index (χ2n) is 4.64. The Balaban J connectivity index is 2.15. The number of benzene rings is 2. The second kappa shape index (κ2) is 5.07. The van der Waals surface area contributed by atoms with Crippen LogP contribution in [-0.4, -0.2) is 16.0 Å². The topological polar surface area (TPSA) is 57.5 Å². The molecule has 0 spiro atoms. The molecule has 0 radical (unpaired) electrons. The van der Waals surface area contributed by atoms with Crippen molar-refractivity contribution in [3.8, 4) is 11.5 Å². The Morgan fingerprint density at radius 3 is 2.60 bits per heavy atom. The molecule has 20 heavy (non-hydrogen) atoms. The van der Waals surface area contributed by atoms with Crippen LogP contribution in [0.1, 0.15) is 21.5 Å². The number of hydrogen-bond acceptors (Lipinski definition) is 5. The average molecular weight is 304 g/mol. The fraction of sp³-hybridized carbons (Fsp3) is 0.133. The van der Waals surface area contributed by atoms with Gasteiger partial charge in [-0.2, -0.15) is 12.6 Å². The summed E-state index contributed by atoms with van der Waals surface area (Å²) in [6.45, 7) is 0. The maximum Gasteiger partial charge on any atom is 0.168 e. The molecule has 3 nitrogen and oxygen atoms in total. The summed E-state index contributed by atoms with van der Waals surface area (Å²) in [4.78, 5) is 13.9. The van der Waals surface area contributed by atoms with Crippen molar-refractivity contribution in [3.63, 3.8) is 0 Å². The van der Waals surface area contributed by atoms with Gasteiger partial charge in [0.05, 0.1) is 0 Å². The van der Waals surface area contributed by atoms with Crippen LogP contribution in [0, 0.1) is 0 Å². The molecule has 0 fully saturated rings. The number of fused-ring (bicyclic) bond motifs is 2. The zero-order chi connectivity index (χ0) is 14.3. The minimum Gasteiger partial charge on any atom is -0.504 e. The molecule has 102 valence electrons. The Kier molecular flexibility index (Phi) is 3.40. The number of thiol groups is 1. The van der Waals surface area contributed by atoms with E-state index in [1.165, 1.54) is 23.9 Å². The number of rotatable bonds is 1. The van der Waals surface area contributed by atoms with Crippen LogP contribution in [0.25, 0.3) is 0 Å². The molecular weight excluding hydrogens is 292 g/mol. The molecule has 0 bridgehead atoms. The molecule has 0 atom stereocenters. The normalized spacial score (nSPS) is 13.6. The van der Waals surface area contributed by atoms with Crippen LogP contribution in [0.2, 0.25) is 0 Å². The summed E-state index contributed by atoms with van der Waals surface area (Å²) < 4.78 is 0. The lowest BCUT2D eigenvalue weighted by Crippen LogP contribution is -2.03. The maximum absolute atomic E-state index is 12.3. The highest BCUT2D eigenvalue weighted by molar-refractivity contribution is 7.99. The number of ketones is 1. The fourth-order valence-corrected chi connectivity index (χ4v) is 3.55. The van der Waals surface area contributed by atoms with Gasteiger partial charge in [-0.3, -0.25) is 4.79 Å². The predicted molar refractivity (Wildman–Crippen MR) is 81.1 cm³/mol. The SMILES string of the molecule is O=C1Cc2ccc(CS)cc2Sc2cc(O)c(O)cc21. The van der Waals surface area contributed by atoms with Gasteiger partial charge in [-0.1, -0.05) is 23.9 Å². The van der Waals surface area contributed by atoms with E-state index >= 15 is 0 Å². The summed E-state index contributed by atoms with van der Waals surface area (Å²) in [6.07, 6.45) is 0.298. The van der Waals surface area contributed by atoms with Crippen LogP contribution in [0.3, 0.4) is 0 Å². The Morgan fingerprint density at radius 1 is 1.10 bits per heavy atom. The van der Waals surface area contributed by atoms with Gasteiger partial charge in [0.15, 0.2) is 17.3 Å². The van der Waals surface area contributed by atoms with E-state index < -0.39 is 0 Å². The lowest BCUT2D eigenvalue weighted by atomic mass is 10.0. The van der Waals surface area contributed by atoms with Gasteiger partial charge >= 0.3 is 0 Å². The highest BCUT2D eigenvalue weighted by Crippen LogP contribution is 2.41. The lowest BCUT2D eigenvalue weighted by molar-refractivity contribution is 0.0989. The quantitative estimate of drug-likeness (QED) is 0.558. The first-order chi connectivity index (χ1) is 9.58. The zero-order valence-electron chi connectivity index (χ0n) is 10.5. The molecule has 0 amide bonds. The predicted octanol–water partition coefficient (Wildman–Crippen LogP) is 3.42. The molecule has 5 heteroatoms. The molecule has 2 N–H and O–H groups in total. The smallest absolute Gasteiger partial charge is 0.168 e. The first-order valence-corrected chi connectivity index (χ1v) is 7.53. The molecular formula is C15H12O3S2. The Hall–Kier alpha value is -1.59. The third kappa shape index (κ3) is 2.27. The third-order valence-corrected chi connectivity index (χ3v) is 4.79. The molecule has 0 saturated carbocycles. The van der Waals surface area contributed by atoms with Crippen LogP contribution in [-0.2, 0) is 12.2 Å². The van der Waals surface area contributed by atoms with Crippen molar-refractivity contribution in [2.45, 2.75) is 22.0 Å². The van der Waals surface area contributed by atoms with E-state index in [1.807, 2.05) is 18.2 Å². The van der Waals surface area contributed by atoms with E-state index in [9.17, 15) is 15.0 Å². The number of aromatic hydroxyl groups is 2. The number of phenols is 2. The van der Waals surface area contributed by atoms with Gasteiger partial charge in [-0.15, -0.1) is 0 Å². The average Bonchev–Trinajstić information content (AvgIpc) is 2.56. The minimum atomic E-state index is -0.264. The number of Topliss-reactive ketones (excluding diaryl/α,β-unsaturated/α-hetero) is 1. The summed E-state index contributed by atoms with van der Waals surface area (Å²) in [7, 11) is 0. The van der Waals surface area contributed by atoms with E-state index in [1.54, 1.807) is 0 Å². The van der Waals surface area contributed by atoms with Gasteiger partial charge in [0.1, 0.15) is 0 Å². The molecule has 0 aromatic heterocycles. The highest BCUT2D eigenvalue weighted by Gasteiger charge is 2.22. The van der Waals surface area contributed by atoms with Crippen molar-refractivity contribution in [1.82, 2.24) is 0 Å². The third-order valence-electron chi connectivity index (χ3n) is 3.26. The van der Waals surface area contributed by atoms with Gasteiger partial charge < -0.3 is 10.2 Å². The molecule has 0 aliphatic carbocycles. The van der Waals surface area contributed by atoms with Gasteiger partial charge in [0.2, 0.25) is 0 Å².